The van der Waals surface area contributed by atoms with E-state index >= 15 is 0 Å². The number of phenols is 1. The molecule has 0 bridgehead atoms. The maximum Gasteiger partial charge on any atom is 0.573 e. The first-order valence-electron chi connectivity index (χ1n) is 5.61. The molecule has 0 aliphatic carbocycles. The van der Waals surface area contributed by atoms with Crippen molar-refractivity contribution >= 4 is 0 Å². The summed E-state index contributed by atoms with van der Waals surface area (Å²) in [5.74, 6) is -1.48. The molecular formula is C14H10F4O2. The highest BCUT2D eigenvalue weighted by Crippen LogP contribution is 2.33. The molecule has 0 aliphatic heterocycles. The van der Waals surface area contributed by atoms with Gasteiger partial charge in [0.05, 0.1) is 0 Å². The van der Waals surface area contributed by atoms with E-state index in [0.29, 0.717) is 11.1 Å². The van der Waals surface area contributed by atoms with E-state index in [1.165, 1.54) is 24.3 Å². The zero-order chi connectivity index (χ0) is 14.9. The van der Waals surface area contributed by atoms with E-state index in [1.807, 2.05) is 0 Å². The minimum Gasteiger partial charge on any atom is -0.508 e. The fourth-order valence-corrected chi connectivity index (χ4v) is 1.84. The predicted octanol–water partition coefficient (Wildman–Crippen LogP) is 4.41. The molecule has 0 saturated heterocycles. The molecule has 6 heteroatoms. The smallest absolute Gasteiger partial charge is 0.508 e. The summed E-state index contributed by atoms with van der Waals surface area (Å²) >= 11 is 0. The largest absolute Gasteiger partial charge is 0.573 e. The maximum atomic E-state index is 13.2. The van der Waals surface area contributed by atoms with Crippen LogP contribution in [0.3, 0.4) is 0 Å². The zero-order valence-corrected chi connectivity index (χ0v) is 10.3. The number of hydrogen-bond donors (Lipinski definition) is 1. The fraction of sp³-hybridized carbons (Fsp3) is 0.143. The molecule has 2 aromatic carbocycles. The lowest BCUT2D eigenvalue weighted by Gasteiger charge is -2.12. The molecule has 0 heterocycles. The van der Waals surface area contributed by atoms with Crippen LogP contribution in [0.5, 0.6) is 11.5 Å². The molecule has 0 spiro atoms. The highest BCUT2D eigenvalue weighted by Gasteiger charge is 2.31. The minimum atomic E-state index is -4.86. The van der Waals surface area contributed by atoms with Gasteiger partial charge in [0.15, 0.2) is 0 Å². The molecule has 0 amide bonds. The third-order valence-corrected chi connectivity index (χ3v) is 2.64. The lowest BCUT2D eigenvalue weighted by atomic mass is 10.00. The van der Waals surface area contributed by atoms with E-state index < -0.39 is 23.7 Å². The van der Waals surface area contributed by atoms with Gasteiger partial charge in [0.1, 0.15) is 17.3 Å². The van der Waals surface area contributed by atoms with Gasteiger partial charge in [-0.25, -0.2) is 4.39 Å². The molecule has 0 aromatic heterocycles. The fourth-order valence-electron chi connectivity index (χ4n) is 1.84. The molecule has 106 valence electrons. The van der Waals surface area contributed by atoms with Gasteiger partial charge in [-0.05, 0) is 47.9 Å². The summed E-state index contributed by atoms with van der Waals surface area (Å²) in [6.45, 7) is 1.68. The standard InChI is InChI=1S/C14H10F4O2/c1-8-2-3-10(15)6-13(8)9-4-11(19)7-12(5-9)20-14(16,17)18/h2-7,19H,1H3. The van der Waals surface area contributed by atoms with Crippen molar-refractivity contribution in [2.45, 2.75) is 13.3 Å². The Morgan fingerprint density at radius 3 is 2.40 bits per heavy atom. The van der Waals surface area contributed by atoms with Gasteiger partial charge >= 0.3 is 6.36 Å². The van der Waals surface area contributed by atoms with Gasteiger partial charge in [-0.2, -0.15) is 0 Å². The quantitative estimate of drug-likeness (QED) is 0.829. The SMILES string of the molecule is Cc1ccc(F)cc1-c1cc(O)cc(OC(F)(F)F)c1. The lowest BCUT2D eigenvalue weighted by molar-refractivity contribution is -0.274. The van der Waals surface area contributed by atoms with Gasteiger partial charge in [-0.15, -0.1) is 13.2 Å². The van der Waals surface area contributed by atoms with E-state index in [4.69, 9.17) is 0 Å². The van der Waals surface area contributed by atoms with Crippen LogP contribution in [0.25, 0.3) is 11.1 Å². The minimum absolute atomic E-state index is 0.237. The summed E-state index contributed by atoms with van der Waals surface area (Å²) in [5.41, 5.74) is 1.28. The molecule has 2 nitrogen and oxygen atoms in total. The van der Waals surface area contributed by atoms with Crippen molar-refractivity contribution in [3.63, 3.8) is 0 Å². The van der Waals surface area contributed by atoms with Gasteiger partial charge < -0.3 is 9.84 Å². The number of aromatic hydroxyl groups is 1. The van der Waals surface area contributed by atoms with Crippen LogP contribution < -0.4 is 4.74 Å². The molecule has 0 radical (unpaired) electrons. The first-order valence-corrected chi connectivity index (χ1v) is 5.61. The van der Waals surface area contributed by atoms with E-state index in [2.05, 4.69) is 4.74 Å². The molecule has 20 heavy (non-hydrogen) atoms. The number of benzene rings is 2. The van der Waals surface area contributed by atoms with Gasteiger partial charge in [0, 0.05) is 6.07 Å². The molecule has 2 rings (SSSR count). The Kier molecular flexibility index (Phi) is 3.57. The van der Waals surface area contributed by atoms with Crippen LogP contribution >= 0.6 is 0 Å². The van der Waals surface area contributed by atoms with Crippen LogP contribution in [0.1, 0.15) is 5.56 Å². The predicted molar refractivity (Wildman–Crippen MR) is 64.9 cm³/mol. The molecular weight excluding hydrogens is 276 g/mol. The van der Waals surface area contributed by atoms with E-state index in [1.54, 1.807) is 6.92 Å². The molecule has 2 aromatic rings. The maximum absolute atomic E-state index is 13.2. The number of aryl methyl sites for hydroxylation is 1. The van der Waals surface area contributed by atoms with E-state index in [0.717, 1.165) is 12.1 Å². The number of alkyl halides is 3. The molecule has 0 saturated carbocycles. The summed E-state index contributed by atoms with van der Waals surface area (Å²) in [6, 6.07) is 7.10. The van der Waals surface area contributed by atoms with Crippen LogP contribution in [0.4, 0.5) is 17.6 Å². The summed E-state index contributed by atoms with van der Waals surface area (Å²) in [6.07, 6.45) is -4.86. The average molecular weight is 286 g/mol. The summed E-state index contributed by atoms with van der Waals surface area (Å²) in [4.78, 5) is 0. The van der Waals surface area contributed by atoms with Crippen molar-refractivity contribution in [1.82, 2.24) is 0 Å². The summed E-state index contributed by atoms with van der Waals surface area (Å²) < 4.78 is 53.6. The summed E-state index contributed by atoms with van der Waals surface area (Å²) in [5, 5.41) is 9.47. The molecule has 0 atom stereocenters. The van der Waals surface area contributed by atoms with E-state index in [-0.39, 0.29) is 5.56 Å². The van der Waals surface area contributed by atoms with Crippen molar-refractivity contribution in [1.29, 1.82) is 0 Å². The van der Waals surface area contributed by atoms with Crippen LogP contribution in [-0.4, -0.2) is 11.5 Å². The molecule has 0 fully saturated rings. The van der Waals surface area contributed by atoms with Gasteiger partial charge in [-0.1, -0.05) is 6.07 Å². The van der Waals surface area contributed by atoms with Gasteiger partial charge in [0.2, 0.25) is 0 Å². The Hall–Kier alpha value is -2.24. The Morgan fingerprint density at radius 1 is 1.05 bits per heavy atom. The van der Waals surface area contributed by atoms with E-state index in [9.17, 15) is 22.7 Å². The summed E-state index contributed by atoms with van der Waals surface area (Å²) in [7, 11) is 0. The monoisotopic (exact) mass is 286 g/mol. The van der Waals surface area contributed by atoms with Crippen LogP contribution in [0, 0.1) is 12.7 Å². The first-order chi connectivity index (χ1) is 9.24. The Morgan fingerprint density at radius 2 is 1.75 bits per heavy atom. The zero-order valence-electron chi connectivity index (χ0n) is 10.3. The van der Waals surface area contributed by atoms with Crippen LogP contribution in [0.15, 0.2) is 36.4 Å². The second-order valence-corrected chi connectivity index (χ2v) is 4.22. The highest BCUT2D eigenvalue weighted by atomic mass is 19.4. The van der Waals surface area contributed by atoms with Crippen molar-refractivity contribution < 1.29 is 27.4 Å². The number of ether oxygens (including phenoxy) is 1. The lowest BCUT2D eigenvalue weighted by Crippen LogP contribution is -2.17. The highest BCUT2D eigenvalue weighted by molar-refractivity contribution is 5.70. The van der Waals surface area contributed by atoms with Crippen molar-refractivity contribution in [2.75, 3.05) is 0 Å². The second kappa shape index (κ2) is 5.03. The van der Waals surface area contributed by atoms with Crippen molar-refractivity contribution in [3.05, 3.63) is 47.8 Å². The Balaban J connectivity index is 2.49. The topological polar surface area (TPSA) is 29.5 Å². The van der Waals surface area contributed by atoms with Crippen molar-refractivity contribution in [3.8, 4) is 22.6 Å². The number of hydrogen-bond acceptors (Lipinski definition) is 2. The van der Waals surface area contributed by atoms with Crippen LogP contribution in [-0.2, 0) is 0 Å². The first kappa shape index (κ1) is 14.2. The normalized spacial score (nSPS) is 11.4. The van der Waals surface area contributed by atoms with Crippen LogP contribution in [0.2, 0.25) is 0 Å². The number of phenolic OH excluding ortho intramolecular Hbond substituents is 1. The molecule has 0 unspecified atom stereocenters. The molecule has 1 N–H and O–H groups in total. The third-order valence-electron chi connectivity index (χ3n) is 2.64. The van der Waals surface area contributed by atoms with Gasteiger partial charge in [-0.3, -0.25) is 0 Å². The number of halogens is 4. The Labute approximate surface area is 112 Å². The molecule has 0 aliphatic rings. The second-order valence-electron chi connectivity index (χ2n) is 4.22. The average Bonchev–Trinajstić information content (AvgIpc) is 2.29. The van der Waals surface area contributed by atoms with Crippen molar-refractivity contribution in [2.24, 2.45) is 0 Å². The Bertz CT molecular complexity index is 636. The van der Waals surface area contributed by atoms with Gasteiger partial charge in [0.25, 0.3) is 0 Å². The third kappa shape index (κ3) is 3.40. The number of rotatable bonds is 2.